The molecule has 2 aromatic rings. The number of hydrogen-bond acceptors (Lipinski definition) is 5. The zero-order valence-electron chi connectivity index (χ0n) is 10.4. The van der Waals surface area contributed by atoms with Crippen LogP contribution in [0.15, 0.2) is 10.6 Å². The van der Waals surface area contributed by atoms with E-state index in [2.05, 4.69) is 15.2 Å². The molecule has 18 heavy (non-hydrogen) atoms. The maximum Gasteiger partial charge on any atom is 0.276 e. The highest BCUT2D eigenvalue weighted by Crippen LogP contribution is 2.37. The fourth-order valence-corrected chi connectivity index (χ4v) is 2.12. The summed E-state index contributed by atoms with van der Waals surface area (Å²) in [5.41, 5.74) is 7.52. The van der Waals surface area contributed by atoms with Crippen molar-refractivity contribution >= 4 is 12.4 Å². The Labute approximate surface area is 111 Å². The summed E-state index contributed by atoms with van der Waals surface area (Å²) in [5, 5.41) is 8.24. The number of nitrogens with two attached hydrogens (primary N) is 1. The van der Waals surface area contributed by atoms with Crippen LogP contribution in [0.3, 0.4) is 0 Å². The summed E-state index contributed by atoms with van der Waals surface area (Å²) in [6.45, 7) is 1.93. The van der Waals surface area contributed by atoms with Crippen LogP contribution < -0.4 is 5.73 Å². The quantitative estimate of drug-likeness (QED) is 0.894. The minimum absolute atomic E-state index is 0. The SMILES string of the molecule is Cc1cc(-c2nc(C3(N)CCC3)no2)n(C)n1.Cl. The first-order valence-corrected chi connectivity index (χ1v) is 5.73. The summed E-state index contributed by atoms with van der Waals surface area (Å²) in [5.74, 6) is 1.09. The van der Waals surface area contributed by atoms with E-state index in [9.17, 15) is 0 Å². The van der Waals surface area contributed by atoms with E-state index in [1.54, 1.807) is 4.68 Å². The maximum absolute atomic E-state index is 6.15. The highest BCUT2D eigenvalue weighted by Gasteiger charge is 2.39. The Balaban J connectivity index is 0.00000120. The van der Waals surface area contributed by atoms with Crippen molar-refractivity contribution in [1.29, 1.82) is 0 Å². The van der Waals surface area contributed by atoms with Gasteiger partial charge in [0.15, 0.2) is 5.82 Å². The monoisotopic (exact) mass is 269 g/mol. The van der Waals surface area contributed by atoms with Gasteiger partial charge in [0.25, 0.3) is 5.89 Å². The lowest BCUT2D eigenvalue weighted by atomic mass is 9.77. The van der Waals surface area contributed by atoms with E-state index in [-0.39, 0.29) is 17.9 Å². The van der Waals surface area contributed by atoms with E-state index < -0.39 is 0 Å². The summed E-state index contributed by atoms with van der Waals surface area (Å²) < 4.78 is 7.00. The number of rotatable bonds is 2. The standard InChI is InChI=1S/C11H15N5O.ClH/c1-7-6-8(16(2)14-7)9-13-10(15-17-9)11(12)4-3-5-11;/h6H,3-5,12H2,1-2H3;1H. The van der Waals surface area contributed by atoms with Gasteiger partial charge in [-0.05, 0) is 32.3 Å². The van der Waals surface area contributed by atoms with Gasteiger partial charge < -0.3 is 10.3 Å². The maximum atomic E-state index is 6.15. The Hall–Kier alpha value is -1.40. The van der Waals surface area contributed by atoms with Crippen LogP contribution in [-0.4, -0.2) is 19.9 Å². The number of aromatic nitrogens is 4. The molecule has 1 saturated carbocycles. The molecule has 0 bridgehead atoms. The normalized spacial score (nSPS) is 17.1. The molecule has 0 saturated heterocycles. The first-order valence-electron chi connectivity index (χ1n) is 5.73. The average Bonchev–Trinajstić information content (AvgIpc) is 2.81. The Morgan fingerprint density at radius 2 is 2.17 bits per heavy atom. The van der Waals surface area contributed by atoms with Gasteiger partial charge in [-0.25, -0.2) is 0 Å². The second-order valence-corrected chi connectivity index (χ2v) is 4.73. The van der Waals surface area contributed by atoms with Crippen molar-refractivity contribution in [3.8, 4) is 11.6 Å². The van der Waals surface area contributed by atoms with Crippen molar-refractivity contribution in [2.45, 2.75) is 31.7 Å². The average molecular weight is 270 g/mol. The molecule has 1 aliphatic rings. The third kappa shape index (κ3) is 1.91. The molecule has 2 N–H and O–H groups in total. The van der Waals surface area contributed by atoms with Crippen LogP contribution in [0.4, 0.5) is 0 Å². The summed E-state index contributed by atoms with van der Waals surface area (Å²) in [6, 6.07) is 1.92. The van der Waals surface area contributed by atoms with Crippen LogP contribution in [0, 0.1) is 6.92 Å². The molecule has 0 aliphatic heterocycles. The van der Waals surface area contributed by atoms with Gasteiger partial charge >= 0.3 is 0 Å². The fourth-order valence-electron chi connectivity index (χ4n) is 2.12. The fraction of sp³-hybridized carbons (Fsp3) is 0.545. The first-order chi connectivity index (χ1) is 8.08. The molecule has 6 nitrogen and oxygen atoms in total. The van der Waals surface area contributed by atoms with Crippen LogP contribution >= 0.6 is 12.4 Å². The van der Waals surface area contributed by atoms with Crippen molar-refractivity contribution in [3.63, 3.8) is 0 Å². The van der Waals surface area contributed by atoms with Crippen molar-refractivity contribution in [1.82, 2.24) is 19.9 Å². The highest BCUT2D eigenvalue weighted by molar-refractivity contribution is 5.85. The molecular weight excluding hydrogens is 254 g/mol. The molecule has 1 fully saturated rings. The largest absolute Gasteiger partial charge is 0.332 e. The van der Waals surface area contributed by atoms with E-state index in [0.717, 1.165) is 30.7 Å². The Bertz CT molecular complexity index is 558. The highest BCUT2D eigenvalue weighted by atomic mass is 35.5. The second kappa shape index (κ2) is 4.37. The molecule has 0 spiro atoms. The smallest absolute Gasteiger partial charge is 0.276 e. The third-order valence-corrected chi connectivity index (χ3v) is 3.34. The molecule has 2 aromatic heterocycles. The first kappa shape index (κ1) is 13.0. The van der Waals surface area contributed by atoms with Gasteiger partial charge in [0.2, 0.25) is 0 Å². The Morgan fingerprint density at radius 3 is 2.67 bits per heavy atom. The van der Waals surface area contributed by atoms with Gasteiger partial charge in [-0.15, -0.1) is 12.4 Å². The summed E-state index contributed by atoms with van der Waals surface area (Å²) in [7, 11) is 1.85. The zero-order chi connectivity index (χ0) is 12.0. The third-order valence-electron chi connectivity index (χ3n) is 3.34. The number of aryl methyl sites for hydroxylation is 2. The molecule has 2 heterocycles. The van der Waals surface area contributed by atoms with Crippen molar-refractivity contribution in [3.05, 3.63) is 17.6 Å². The van der Waals surface area contributed by atoms with E-state index in [1.165, 1.54) is 0 Å². The van der Waals surface area contributed by atoms with Gasteiger partial charge in [0.05, 0.1) is 11.2 Å². The number of hydrogen-bond donors (Lipinski definition) is 1. The van der Waals surface area contributed by atoms with E-state index >= 15 is 0 Å². The summed E-state index contributed by atoms with van der Waals surface area (Å²) >= 11 is 0. The van der Waals surface area contributed by atoms with Crippen LogP contribution in [-0.2, 0) is 12.6 Å². The predicted molar refractivity (Wildman–Crippen MR) is 68.2 cm³/mol. The minimum atomic E-state index is -0.380. The van der Waals surface area contributed by atoms with Crippen LogP contribution in [0.5, 0.6) is 0 Å². The van der Waals surface area contributed by atoms with Gasteiger partial charge in [0.1, 0.15) is 5.69 Å². The zero-order valence-corrected chi connectivity index (χ0v) is 11.2. The molecule has 0 unspecified atom stereocenters. The summed E-state index contributed by atoms with van der Waals surface area (Å²) in [4.78, 5) is 4.38. The molecule has 0 amide bonds. The van der Waals surface area contributed by atoms with Crippen LogP contribution in [0.25, 0.3) is 11.6 Å². The lowest BCUT2D eigenvalue weighted by molar-refractivity contribution is 0.229. The Kier molecular flexibility index (Phi) is 3.16. The predicted octanol–water partition coefficient (Wildman–Crippen LogP) is 1.54. The van der Waals surface area contributed by atoms with E-state index in [1.807, 2.05) is 20.0 Å². The molecule has 3 rings (SSSR count). The molecular formula is C11H16ClN5O. The molecule has 7 heteroatoms. The van der Waals surface area contributed by atoms with E-state index in [4.69, 9.17) is 10.3 Å². The van der Waals surface area contributed by atoms with Crippen molar-refractivity contribution in [2.24, 2.45) is 12.8 Å². The molecule has 0 radical (unpaired) electrons. The number of halogens is 1. The van der Waals surface area contributed by atoms with Gasteiger partial charge in [0, 0.05) is 7.05 Å². The second-order valence-electron chi connectivity index (χ2n) is 4.73. The molecule has 0 atom stereocenters. The topological polar surface area (TPSA) is 82.8 Å². The van der Waals surface area contributed by atoms with Crippen LogP contribution in [0.2, 0.25) is 0 Å². The summed E-state index contributed by atoms with van der Waals surface area (Å²) in [6.07, 6.45) is 2.98. The molecule has 1 aliphatic carbocycles. The van der Waals surface area contributed by atoms with Gasteiger partial charge in [-0.3, -0.25) is 4.68 Å². The lowest BCUT2D eigenvalue weighted by Crippen LogP contribution is -2.44. The minimum Gasteiger partial charge on any atom is -0.332 e. The Morgan fingerprint density at radius 1 is 1.44 bits per heavy atom. The van der Waals surface area contributed by atoms with Gasteiger partial charge in [-0.2, -0.15) is 10.1 Å². The molecule has 98 valence electrons. The molecule has 0 aromatic carbocycles. The van der Waals surface area contributed by atoms with Gasteiger partial charge in [-0.1, -0.05) is 5.16 Å². The van der Waals surface area contributed by atoms with Crippen LogP contribution in [0.1, 0.15) is 30.8 Å². The number of nitrogens with zero attached hydrogens (tertiary/aromatic N) is 4. The van der Waals surface area contributed by atoms with Crippen molar-refractivity contribution < 1.29 is 4.52 Å². The van der Waals surface area contributed by atoms with E-state index in [0.29, 0.717) is 11.7 Å². The van der Waals surface area contributed by atoms with Crippen molar-refractivity contribution in [2.75, 3.05) is 0 Å². The lowest BCUT2D eigenvalue weighted by Gasteiger charge is -2.34.